The summed E-state index contributed by atoms with van der Waals surface area (Å²) in [6.07, 6.45) is 2.37. The van der Waals surface area contributed by atoms with Gasteiger partial charge in [0, 0.05) is 39.3 Å². The standard InChI is InChI=1S/C18H22FN5O2S/c19-15-4-3-5-16(14-15)27(25,26)24-12-10-23(11-13-24)18-7-6-17(20-21-18)22-8-1-2-9-22/h3-7,14H,1-2,8-13H2. The summed E-state index contributed by atoms with van der Waals surface area (Å²) in [6.45, 7) is 3.73. The van der Waals surface area contributed by atoms with Gasteiger partial charge < -0.3 is 9.80 Å². The second-order valence-electron chi connectivity index (χ2n) is 6.79. The van der Waals surface area contributed by atoms with Gasteiger partial charge in [-0.05, 0) is 43.2 Å². The molecule has 27 heavy (non-hydrogen) atoms. The first kappa shape index (κ1) is 18.1. The number of sulfonamides is 1. The van der Waals surface area contributed by atoms with E-state index in [1.807, 2.05) is 17.0 Å². The van der Waals surface area contributed by atoms with Crippen LogP contribution in [-0.4, -0.2) is 62.2 Å². The predicted molar refractivity (Wildman–Crippen MR) is 101 cm³/mol. The van der Waals surface area contributed by atoms with Crippen LogP contribution in [0.2, 0.25) is 0 Å². The van der Waals surface area contributed by atoms with E-state index in [0.29, 0.717) is 26.2 Å². The molecule has 3 heterocycles. The van der Waals surface area contributed by atoms with Crippen molar-refractivity contribution < 1.29 is 12.8 Å². The lowest BCUT2D eigenvalue weighted by Gasteiger charge is -2.34. The van der Waals surface area contributed by atoms with Crippen LogP contribution >= 0.6 is 0 Å². The van der Waals surface area contributed by atoms with E-state index in [0.717, 1.165) is 30.8 Å². The van der Waals surface area contributed by atoms with Crippen LogP contribution in [0.1, 0.15) is 12.8 Å². The number of nitrogens with zero attached hydrogens (tertiary/aromatic N) is 5. The Morgan fingerprint density at radius 3 is 1.96 bits per heavy atom. The van der Waals surface area contributed by atoms with Crippen LogP contribution in [0.15, 0.2) is 41.3 Å². The number of aromatic nitrogens is 2. The van der Waals surface area contributed by atoms with Gasteiger partial charge >= 0.3 is 0 Å². The van der Waals surface area contributed by atoms with Gasteiger partial charge in [-0.3, -0.25) is 0 Å². The largest absolute Gasteiger partial charge is 0.355 e. The maximum Gasteiger partial charge on any atom is 0.243 e. The van der Waals surface area contributed by atoms with Crippen molar-refractivity contribution in [2.75, 3.05) is 49.1 Å². The second-order valence-corrected chi connectivity index (χ2v) is 8.73. The van der Waals surface area contributed by atoms with E-state index in [1.165, 1.54) is 35.3 Å². The summed E-state index contributed by atoms with van der Waals surface area (Å²) in [6, 6.07) is 9.05. The summed E-state index contributed by atoms with van der Waals surface area (Å²) in [5.41, 5.74) is 0. The Bertz CT molecular complexity index is 892. The molecule has 1 aromatic heterocycles. The van der Waals surface area contributed by atoms with E-state index < -0.39 is 15.8 Å². The highest BCUT2D eigenvalue weighted by molar-refractivity contribution is 7.89. The van der Waals surface area contributed by atoms with Crippen LogP contribution in [-0.2, 0) is 10.0 Å². The number of hydrogen-bond donors (Lipinski definition) is 0. The van der Waals surface area contributed by atoms with Crippen LogP contribution < -0.4 is 9.80 Å². The minimum atomic E-state index is -3.68. The summed E-state index contributed by atoms with van der Waals surface area (Å²) in [4.78, 5) is 4.24. The van der Waals surface area contributed by atoms with E-state index in [-0.39, 0.29) is 4.90 Å². The molecule has 0 bridgehead atoms. The minimum Gasteiger partial charge on any atom is -0.355 e. The predicted octanol–water partition coefficient (Wildman–Crippen LogP) is 1.73. The molecule has 144 valence electrons. The molecule has 0 aliphatic carbocycles. The minimum absolute atomic E-state index is 0.00860. The average Bonchev–Trinajstić information content (AvgIpc) is 3.23. The Labute approximate surface area is 158 Å². The Hall–Kier alpha value is -2.26. The Morgan fingerprint density at radius 1 is 0.815 bits per heavy atom. The molecular weight excluding hydrogens is 369 g/mol. The molecule has 0 N–H and O–H groups in total. The Kier molecular flexibility index (Phi) is 4.96. The van der Waals surface area contributed by atoms with Gasteiger partial charge in [-0.2, -0.15) is 4.31 Å². The number of halogens is 1. The van der Waals surface area contributed by atoms with Crippen molar-refractivity contribution in [3.63, 3.8) is 0 Å². The van der Waals surface area contributed by atoms with Crippen molar-refractivity contribution in [1.82, 2.24) is 14.5 Å². The van der Waals surface area contributed by atoms with Crippen LogP contribution in [0.3, 0.4) is 0 Å². The zero-order valence-electron chi connectivity index (χ0n) is 15.0. The van der Waals surface area contributed by atoms with Gasteiger partial charge in [-0.1, -0.05) is 6.07 Å². The van der Waals surface area contributed by atoms with Crippen molar-refractivity contribution in [3.05, 3.63) is 42.2 Å². The van der Waals surface area contributed by atoms with Crippen molar-refractivity contribution in [2.24, 2.45) is 0 Å². The molecule has 0 saturated carbocycles. The smallest absolute Gasteiger partial charge is 0.243 e. The van der Waals surface area contributed by atoms with Crippen molar-refractivity contribution in [2.45, 2.75) is 17.7 Å². The van der Waals surface area contributed by atoms with Gasteiger partial charge in [0.15, 0.2) is 11.6 Å². The van der Waals surface area contributed by atoms with Gasteiger partial charge in [0.25, 0.3) is 0 Å². The van der Waals surface area contributed by atoms with Crippen LogP contribution in [0, 0.1) is 5.82 Å². The monoisotopic (exact) mass is 391 g/mol. The lowest BCUT2D eigenvalue weighted by Crippen LogP contribution is -2.49. The number of hydrogen-bond acceptors (Lipinski definition) is 6. The molecule has 0 spiro atoms. The van der Waals surface area contributed by atoms with E-state index in [9.17, 15) is 12.8 Å². The van der Waals surface area contributed by atoms with E-state index in [2.05, 4.69) is 15.1 Å². The Balaban J connectivity index is 1.41. The lowest BCUT2D eigenvalue weighted by molar-refractivity contribution is 0.383. The molecule has 2 aliphatic heterocycles. The fourth-order valence-corrected chi connectivity index (χ4v) is 4.99. The zero-order valence-corrected chi connectivity index (χ0v) is 15.8. The number of piperazine rings is 1. The molecule has 2 saturated heterocycles. The molecule has 0 atom stereocenters. The van der Waals surface area contributed by atoms with Gasteiger partial charge in [0.1, 0.15) is 5.82 Å². The highest BCUT2D eigenvalue weighted by Gasteiger charge is 2.29. The summed E-state index contributed by atoms with van der Waals surface area (Å²) >= 11 is 0. The third-order valence-electron chi connectivity index (χ3n) is 5.06. The van der Waals surface area contributed by atoms with Crippen molar-refractivity contribution >= 4 is 21.7 Å². The quantitative estimate of drug-likeness (QED) is 0.791. The second kappa shape index (κ2) is 7.40. The molecule has 0 amide bonds. The van der Waals surface area contributed by atoms with Crippen LogP contribution in [0.5, 0.6) is 0 Å². The van der Waals surface area contributed by atoms with Crippen LogP contribution in [0.4, 0.5) is 16.0 Å². The van der Waals surface area contributed by atoms with Gasteiger partial charge in [0.2, 0.25) is 10.0 Å². The molecular formula is C18H22FN5O2S. The first-order chi connectivity index (χ1) is 13.0. The molecule has 0 unspecified atom stereocenters. The maximum atomic E-state index is 13.4. The molecule has 1 aromatic carbocycles. The average molecular weight is 391 g/mol. The zero-order chi connectivity index (χ0) is 18.9. The lowest BCUT2D eigenvalue weighted by atomic mass is 10.3. The maximum absolute atomic E-state index is 13.4. The normalized spacial score (nSPS) is 18.9. The van der Waals surface area contributed by atoms with Gasteiger partial charge in [-0.15, -0.1) is 10.2 Å². The first-order valence-corrected chi connectivity index (χ1v) is 10.6. The van der Waals surface area contributed by atoms with Crippen LogP contribution in [0.25, 0.3) is 0 Å². The molecule has 2 aliphatic rings. The SMILES string of the molecule is O=S(=O)(c1cccc(F)c1)N1CCN(c2ccc(N3CCCC3)nn2)CC1. The summed E-state index contributed by atoms with van der Waals surface area (Å²) in [5.74, 6) is 1.09. The van der Waals surface area contributed by atoms with Crippen molar-refractivity contribution in [1.29, 1.82) is 0 Å². The summed E-state index contributed by atoms with van der Waals surface area (Å²) in [5, 5.41) is 8.64. The molecule has 4 rings (SSSR count). The third-order valence-corrected chi connectivity index (χ3v) is 6.96. The number of benzene rings is 1. The topological polar surface area (TPSA) is 69.6 Å². The fraction of sp³-hybridized carbons (Fsp3) is 0.444. The third kappa shape index (κ3) is 3.74. The number of anilines is 2. The molecule has 7 nitrogen and oxygen atoms in total. The Morgan fingerprint density at radius 2 is 1.41 bits per heavy atom. The van der Waals surface area contributed by atoms with Gasteiger partial charge in [-0.25, -0.2) is 12.8 Å². The molecule has 9 heteroatoms. The van der Waals surface area contributed by atoms with Gasteiger partial charge in [0.05, 0.1) is 4.90 Å². The fourth-order valence-electron chi connectivity index (χ4n) is 3.54. The molecule has 0 radical (unpaired) electrons. The summed E-state index contributed by atoms with van der Waals surface area (Å²) < 4.78 is 40.1. The van der Waals surface area contributed by atoms with E-state index in [1.54, 1.807) is 0 Å². The van der Waals surface area contributed by atoms with E-state index in [4.69, 9.17) is 0 Å². The first-order valence-electron chi connectivity index (χ1n) is 9.13. The summed E-state index contributed by atoms with van der Waals surface area (Å²) in [7, 11) is -3.68. The van der Waals surface area contributed by atoms with Crippen molar-refractivity contribution in [3.8, 4) is 0 Å². The molecule has 2 aromatic rings. The van der Waals surface area contributed by atoms with E-state index >= 15 is 0 Å². The highest BCUT2D eigenvalue weighted by atomic mass is 32.2. The molecule has 2 fully saturated rings. The number of rotatable bonds is 4. The highest BCUT2D eigenvalue weighted by Crippen LogP contribution is 2.22.